The van der Waals surface area contributed by atoms with E-state index in [-0.39, 0.29) is 30.1 Å². The van der Waals surface area contributed by atoms with Gasteiger partial charge in [-0.1, -0.05) is 37.1 Å². The average Bonchev–Trinajstić information content (AvgIpc) is 3.06. The molecule has 0 spiro atoms. The number of carbonyl (C=O) groups is 3. The van der Waals surface area contributed by atoms with Crippen LogP contribution in [0.5, 0.6) is 0 Å². The van der Waals surface area contributed by atoms with Crippen LogP contribution >= 0.6 is 11.8 Å². The second-order valence-electron chi connectivity index (χ2n) is 7.61. The minimum atomic E-state index is -0.303. The number of carbonyl (C=O) groups excluding carboxylic acids is 3. The molecule has 2 aliphatic rings. The monoisotopic (exact) mass is 423 g/mol. The molecule has 1 aromatic carbocycles. The highest BCUT2D eigenvalue weighted by Gasteiger charge is 2.34. The fourth-order valence-corrected chi connectivity index (χ4v) is 4.85. The van der Waals surface area contributed by atoms with Gasteiger partial charge in [0.05, 0.1) is 4.91 Å². The van der Waals surface area contributed by atoms with E-state index in [1.54, 1.807) is 12.2 Å². The number of fused-ring (bicyclic) bond motifs is 1. The van der Waals surface area contributed by atoms with E-state index in [1.165, 1.54) is 17.7 Å². The highest BCUT2D eigenvalue weighted by Crippen LogP contribution is 2.34. The highest BCUT2D eigenvalue weighted by atomic mass is 32.2. The summed E-state index contributed by atoms with van der Waals surface area (Å²) in [6, 6.07) is 7.83. The van der Waals surface area contributed by atoms with Crippen LogP contribution in [0.3, 0.4) is 0 Å². The minimum absolute atomic E-state index is 0.121. The lowest BCUT2D eigenvalue weighted by atomic mass is 10.1. The van der Waals surface area contributed by atoms with E-state index in [9.17, 15) is 14.4 Å². The average molecular weight is 424 g/mol. The molecule has 0 N–H and O–H groups in total. The van der Waals surface area contributed by atoms with Crippen molar-refractivity contribution in [3.63, 3.8) is 0 Å². The maximum atomic E-state index is 12.9. The zero-order valence-electron chi connectivity index (χ0n) is 16.9. The molecule has 7 heteroatoms. The molecular weight excluding hydrogens is 398 g/mol. The lowest BCUT2D eigenvalue weighted by molar-refractivity contribution is -0.131. The number of benzene rings is 1. The van der Waals surface area contributed by atoms with E-state index in [2.05, 4.69) is 6.58 Å². The lowest BCUT2D eigenvalue weighted by Crippen LogP contribution is -2.34. The van der Waals surface area contributed by atoms with Gasteiger partial charge < -0.3 is 9.47 Å². The Balaban J connectivity index is 1.63. The van der Waals surface area contributed by atoms with E-state index < -0.39 is 0 Å². The third-order valence-corrected chi connectivity index (χ3v) is 6.46. The fraction of sp³-hybridized carbons (Fsp3) is 0.348. The number of likely N-dealkylation sites (tertiary alicyclic amines) is 1. The van der Waals surface area contributed by atoms with E-state index in [4.69, 9.17) is 0 Å². The summed E-state index contributed by atoms with van der Waals surface area (Å²) >= 11 is 0.940. The quantitative estimate of drug-likeness (QED) is 0.532. The van der Waals surface area contributed by atoms with Gasteiger partial charge in [0, 0.05) is 42.3 Å². The van der Waals surface area contributed by atoms with Gasteiger partial charge in [-0.15, -0.1) is 6.58 Å². The normalized spacial score (nSPS) is 19.0. The zero-order chi connectivity index (χ0) is 21.1. The maximum absolute atomic E-state index is 12.9. The Morgan fingerprint density at radius 1 is 1.10 bits per heavy atom. The molecule has 2 aromatic rings. The first-order valence-electron chi connectivity index (χ1n) is 10.3. The minimum Gasteiger partial charge on any atom is -0.341 e. The molecular formula is C23H25N3O3S. The first kappa shape index (κ1) is 20.5. The van der Waals surface area contributed by atoms with Crippen LogP contribution in [-0.4, -0.2) is 51.1 Å². The van der Waals surface area contributed by atoms with Gasteiger partial charge in [0.15, 0.2) is 0 Å². The van der Waals surface area contributed by atoms with Crippen molar-refractivity contribution in [2.24, 2.45) is 0 Å². The molecule has 6 nitrogen and oxygen atoms in total. The second-order valence-corrected chi connectivity index (χ2v) is 8.60. The molecule has 0 radical (unpaired) electrons. The summed E-state index contributed by atoms with van der Waals surface area (Å²) in [4.78, 5) is 41.1. The smallest absolute Gasteiger partial charge is 0.293 e. The van der Waals surface area contributed by atoms with Crippen molar-refractivity contribution in [3.8, 4) is 0 Å². The number of hydrogen-bond acceptors (Lipinski definition) is 4. The molecule has 1 aromatic heterocycles. The van der Waals surface area contributed by atoms with Gasteiger partial charge in [-0.05, 0) is 36.7 Å². The second kappa shape index (κ2) is 8.92. The zero-order valence-corrected chi connectivity index (χ0v) is 17.7. The van der Waals surface area contributed by atoms with Crippen LogP contribution in [0.1, 0.15) is 31.2 Å². The van der Waals surface area contributed by atoms with Crippen LogP contribution in [0.2, 0.25) is 0 Å². The molecule has 4 rings (SSSR count). The summed E-state index contributed by atoms with van der Waals surface area (Å²) in [6.45, 7) is 5.72. The maximum Gasteiger partial charge on any atom is 0.293 e. The molecule has 0 atom stereocenters. The summed E-state index contributed by atoms with van der Waals surface area (Å²) in [5.41, 5.74) is 1.77. The van der Waals surface area contributed by atoms with Crippen LogP contribution < -0.4 is 0 Å². The van der Waals surface area contributed by atoms with Crippen LogP contribution in [0.4, 0.5) is 4.79 Å². The Hall–Kier alpha value is -2.80. The molecule has 3 amide bonds. The molecule has 0 bridgehead atoms. The van der Waals surface area contributed by atoms with Gasteiger partial charge in [-0.3, -0.25) is 19.3 Å². The number of rotatable bonds is 5. The van der Waals surface area contributed by atoms with Crippen molar-refractivity contribution in [2.45, 2.75) is 32.2 Å². The molecule has 2 saturated heterocycles. The number of aromatic nitrogens is 1. The SMILES string of the molecule is C=CCN1C(=O)S/C(=C\c2cn(CC(=O)N3CCCCCC3)c3ccccc23)C1=O. The topological polar surface area (TPSA) is 62.6 Å². The predicted octanol–water partition coefficient (Wildman–Crippen LogP) is 4.27. The molecule has 0 saturated carbocycles. The Kier molecular flexibility index (Phi) is 6.08. The third-order valence-electron chi connectivity index (χ3n) is 5.56. The van der Waals surface area contributed by atoms with Crippen molar-refractivity contribution in [3.05, 3.63) is 53.6 Å². The Morgan fingerprint density at radius 2 is 1.83 bits per heavy atom. The number of nitrogens with zero attached hydrogens (tertiary/aromatic N) is 3. The summed E-state index contributed by atoms with van der Waals surface area (Å²) in [6.07, 6.45) is 9.68. The van der Waals surface area contributed by atoms with Gasteiger partial charge in [0.2, 0.25) is 5.91 Å². The summed E-state index contributed by atoms with van der Waals surface area (Å²) in [5.74, 6) is -0.183. The van der Waals surface area contributed by atoms with Crippen LogP contribution in [0.25, 0.3) is 17.0 Å². The largest absolute Gasteiger partial charge is 0.341 e. The lowest BCUT2D eigenvalue weighted by Gasteiger charge is -2.20. The molecule has 30 heavy (non-hydrogen) atoms. The van der Waals surface area contributed by atoms with Gasteiger partial charge in [-0.25, -0.2) is 0 Å². The van der Waals surface area contributed by atoms with Crippen molar-refractivity contribution in [1.29, 1.82) is 0 Å². The predicted molar refractivity (Wildman–Crippen MR) is 120 cm³/mol. The number of thioether (sulfide) groups is 1. The summed E-state index contributed by atoms with van der Waals surface area (Å²) < 4.78 is 1.95. The standard InChI is InChI=1S/C23H25N3O3S/c1-2-11-26-22(28)20(30-23(26)29)14-17-15-25(19-10-6-5-9-18(17)19)16-21(27)24-12-7-3-4-8-13-24/h2,5-6,9-10,14-15H,1,3-4,7-8,11-13,16H2/b20-14-. The van der Waals surface area contributed by atoms with Crippen molar-refractivity contribution < 1.29 is 14.4 Å². The number of amides is 3. The Labute approximate surface area is 180 Å². The van der Waals surface area contributed by atoms with Crippen LogP contribution in [0.15, 0.2) is 48.0 Å². The molecule has 0 unspecified atom stereocenters. The van der Waals surface area contributed by atoms with Crippen LogP contribution in [0, 0.1) is 0 Å². The highest BCUT2D eigenvalue weighted by molar-refractivity contribution is 8.18. The number of hydrogen-bond donors (Lipinski definition) is 0. The van der Waals surface area contributed by atoms with E-state index in [1.807, 2.05) is 39.9 Å². The number of para-hydroxylation sites is 1. The van der Waals surface area contributed by atoms with Crippen molar-refractivity contribution >= 4 is 45.8 Å². The van der Waals surface area contributed by atoms with E-state index in [0.717, 1.165) is 54.2 Å². The summed E-state index contributed by atoms with van der Waals surface area (Å²) in [5, 5.41) is 0.669. The van der Waals surface area contributed by atoms with Gasteiger partial charge in [-0.2, -0.15) is 0 Å². The molecule has 3 heterocycles. The first-order valence-corrected chi connectivity index (χ1v) is 11.1. The Morgan fingerprint density at radius 3 is 2.57 bits per heavy atom. The van der Waals surface area contributed by atoms with Crippen molar-refractivity contribution in [2.75, 3.05) is 19.6 Å². The molecule has 2 fully saturated rings. The third kappa shape index (κ3) is 4.07. The van der Waals surface area contributed by atoms with E-state index >= 15 is 0 Å². The van der Waals surface area contributed by atoms with Gasteiger partial charge in [0.1, 0.15) is 6.54 Å². The van der Waals surface area contributed by atoms with Crippen molar-refractivity contribution in [1.82, 2.24) is 14.4 Å². The molecule has 156 valence electrons. The van der Waals surface area contributed by atoms with Crippen LogP contribution in [-0.2, 0) is 16.1 Å². The molecule has 2 aliphatic heterocycles. The first-order chi connectivity index (χ1) is 14.6. The Bertz CT molecular complexity index is 1030. The van der Waals surface area contributed by atoms with Gasteiger partial charge in [0.25, 0.3) is 11.1 Å². The van der Waals surface area contributed by atoms with Gasteiger partial charge >= 0.3 is 0 Å². The molecule has 0 aliphatic carbocycles. The van der Waals surface area contributed by atoms with E-state index in [0.29, 0.717) is 4.91 Å². The fourth-order valence-electron chi connectivity index (χ4n) is 4.01. The number of imide groups is 1. The summed E-state index contributed by atoms with van der Waals surface area (Å²) in [7, 11) is 0.